The Morgan fingerprint density at radius 3 is 2.72 bits per heavy atom. The molecular weight excluding hydrogens is 230 g/mol. The summed E-state index contributed by atoms with van der Waals surface area (Å²) in [5.41, 5.74) is 0.327. The van der Waals surface area contributed by atoms with Gasteiger partial charge in [0.1, 0.15) is 11.9 Å². The van der Waals surface area contributed by atoms with Crippen molar-refractivity contribution in [3.05, 3.63) is 24.0 Å². The van der Waals surface area contributed by atoms with Crippen LogP contribution in [-0.2, 0) is 4.74 Å². The topological polar surface area (TPSA) is 51.6 Å². The van der Waals surface area contributed by atoms with Crippen LogP contribution in [0.4, 0.5) is 0 Å². The molecule has 4 nitrogen and oxygen atoms in total. The first-order valence-corrected chi connectivity index (χ1v) is 6.53. The highest BCUT2D eigenvalue weighted by atomic mass is 16.5. The van der Waals surface area contributed by atoms with Crippen molar-refractivity contribution in [2.75, 3.05) is 13.7 Å². The summed E-state index contributed by atoms with van der Waals surface area (Å²) in [7, 11) is 1.60. The predicted octanol–water partition coefficient (Wildman–Crippen LogP) is 2.47. The third kappa shape index (κ3) is 2.49. The summed E-state index contributed by atoms with van der Waals surface area (Å²) in [4.78, 5) is 4.10. The number of aromatic nitrogens is 1. The maximum atomic E-state index is 10.6. The van der Waals surface area contributed by atoms with E-state index in [0.29, 0.717) is 12.4 Å². The van der Waals surface area contributed by atoms with Crippen LogP contribution in [0.15, 0.2) is 18.5 Å². The summed E-state index contributed by atoms with van der Waals surface area (Å²) < 4.78 is 11.0. The quantitative estimate of drug-likeness (QED) is 0.873. The Kier molecular flexibility index (Phi) is 4.19. The van der Waals surface area contributed by atoms with Crippen LogP contribution < -0.4 is 4.74 Å². The predicted molar refractivity (Wildman–Crippen MR) is 68.6 cm³/mol. The fraction of sp³-hybridized carbons (Fsp3) is 0.643. The van der Waals surface area contributed by atoms with Gasteiger partial charge in [-0.2, -0.15) is 0 Å². The van der Waals surface area contributed by atoms with Crippen molar-refractivity contribution in [2.45, 2.75) is 44.3 Å². The lowest BCUT2D eigenvalue weighted by atomic mass is 9.90. The minimum atomic E-state index is -0.637. The smallest absolute Gasteiger partial charge is 0.137 e. The minimum Gasteiger partial charge on any atom is -0.495 e. The first kappa shape index (κ1) is 13.3. The zero-order chi connectivity index (χ0) is 13.0. The number of aliphatic hydroxyl groups excluding tert-OH is 1. The van der Waals surface area contributed by atoms with Gasteiger partial charge in [-0.15, -0.1) is 0 Å². The van der Waals surface area contributed by atoms with Crippen LogP contribution in [0.3, 0.4) is 0 Å². The van der Waals surface area contributed by atoms with Gasteiger partial charge >= 0.3 is 0 Å². The van der Waals surface area contributed by atoms with Crippen LogP contribution in [0, 0.1) is 0 Å². The largest absolute Gasteiger partial charge is 0.495 e. The van der Waals surface area contributed by atoms with E-state index < -0.39 is 11.7 Å². The van der Waals surface area contributed by atoms with Crippen molar-refractivity contribution in [1.82, 2.24) is 4.98 Å². The van der Waals surface area contributed by atoms with Crippen molar-refractivity contribution in [3.63, 3.8) is 0 Å². The van der Waals surface area contributed by atoms with Crippen LogP contribution in [0.2, 0.25) is 0 Å². The average Bonchev–Trinajstić information content (AvgIpc) is 2.88. The van der Waals surface area contributed by atoms with Gasteiger partial charge in [-0.25, -0.2) is 0 Å². The molecule has 100 valence electrons. The molecule has 1 N–H and O–H groups in total. The Labute approximate surface area is 108 Å². The molecule has 0 bridgehead atoms. The van der Waals surface area contributed by atoms with Gasteiger partial charge in [0.2, 0.25) is 0 Å². The second-order valence-corrected chi connectivity index (χ2v) is 4.77. The van der Waals surface area contributed by atoms with E-state index in [0.717, 1.165) is 31.2 Å². The number of hydrogen-bond acceptors (Lipinski definition) is 4. The second kappa shape index (κ2) is 5.67. The molecule has 1 atom stereocenters. The molecule has 0 amide bonds. The highest BCUT2D eigenvalue weighted by Crippen LogP contribution is 2.43. The molecule has 1 unspecified atom stereocenters. The van der Waals surface area contributed by atoms with Gasteiger partial charge in [-0.1, -0.05) is 12.8 Å². The van der Waals surface area contributed by atoms with Gasteiger partial charge < -0.3 is 14.6 Å². The van der Waals surface area contributed by atoms with Gasteiger partial charge in [-0.05, 0) is 25.8 Å². The fourth-order valence-corrected chi connectivity index (χ4v) is 2.76. The van der Waals surface area contributed by atoms with Gasteiger partial charge in [0.25, 0.3) is 0 Å². The van der Waals surface area contributed by atoms with Gasteiger partial charge in [0, 0.05) is 18.4 Å². The number of rotatable bonds is 5. The third-order valence-electron chi connectivity index (χ3n) is 3.67. The van der Waals surface area contributed by atoms with Crippen molar-refractivity contribution in [1.29, 1.82) is 0 Å². The molecule has 1 aromatic heterocycles. The summed E-state index contributed by atoms with van der Waals surface area (Å²) >= 11 is 0. The van der Waals surface area contributed by atoms with E-state index in [1.165, 1.54) is 0 Å². The molecule has 0 aromatic carbocycles. The van der Waals surface area contributed by atoms with Crippen molar-refractivity contribution < 1.29 is 14.6 Å². The van der Waals surface area contributed by atoms with E-state index in [9.17, 15) is 5.11 Å². The highest BCUT2D eigenvalue weighted by Gasteiger charge is 2.42. The zero-order valence-corrected chi connectivity index (χ0v) is 11.1. The maximum absolute atomic E-state index is 10.6. The second-order valence-electron chi connectivity index (χ2n) is 4.77. The molecule has 4 heteroatoms. The Hall–Kier alpha value is -1.13. The van der Waals surface area contributed by atoms with E-state index in [1.807, 2.05) is 13.0 Å². The first-order chi connectivity index (χ1) is 8.72. The fourth-order valence-electron chi connectivity index (χ4n) is 2.76. The third-order valence-corrected chi connectivity index (χ3v) is 3.67. The lowest BCUT2D eigenvalue weighted by Crippen LogP contribution is -2.36. The highest BCUT2D eigenvalue weighted by molar-refractivity contribution is 5.27. The molecule has 18 heavy (non-hydrogen) atoms. The van der Waals surface area contributed by atoms with Gasteiger partial charge in [-0.3, -0.25) is 4.98 Å². The molecule has 0 radical (unpaired) electrons. The molecule has 1 aliphatic rings. The summed E-state index contributed by atoms with van der Waals surface area (Å²) in [6.07, 6.45) is 6.70. The number of methoxy groups -OCH3 is 1. The minimum absolute atomic E-state index is 0.442. The Morgan fingerprint density at radius 1 is 1.39 bits per heavy atom. The monoisotopic (exact) mass is 251 g/mol. The van der Waals surface area contributed by atoms with Crippen molar-refractivity contribution in [2.24, 2.45) is 0 Å². The van der Waals surface area contributed by atoms with E-state index in [-0.39, 0.29) is 0 Å². The molecule has 1 heterocycles. The number of hydrogen-bond donors (Lipinski definition) is 1. The Bertz CT molecular complexity index is 388. The molecule has 1 fully saturated rings. The van der Waals surface area contributed by atoms with Crippen molar-refractivity contribution >= 4 is 0 Å². The number of aliphatic hydroxyl groups is 1. The average molecular weight is 251 g/mol. The molecule has 1 saturated carbocycles. The molecular formula is C14H21NO3. The lowest BCUT2D eigenvalue weighted by Gasteiger charge is -2.34. The van der Waals surface area contributed by atoms with E-state index in [2.05, 4.69) is 4.98 Å². The Morgan fingerprint density at radius 2 is 2.11 bits per heavy atom. The maximum Gasteiger partial charge on any atom is 0.137 e. The van der Waals surface area contributed by atoms with Crippen LogP contribution >= 0.6 is 0 Å². The molecule has 0 aliphatic heterocycles. The lowest BCUT2D eigenvalue weighted by molar-refractivity contribution is -0.118. The standard InChI is InChI=1S/C14H21NO3/c1-3-18-14(6-4-5-7-14)13(16)11-8-12(17-2)10-15-9-11/h8-10,13,16H,3-7H2,1-2H3. The number of ether oxygens (including phenoxy) is 2. The zero-order valence-electron chi connectivity index (χ0n) is 11.1. The number of pyridine rings is 1. The summed E-state index contributed by atoms with van der Waals surface area (Å²) in [5, 5.41) is 10.6. The van der Waals surface area contributed by atoms with E-state index in [4.69, 9.17) is 9.47 Å². The van der Waals surface area contributed by atoms with E-state index in [1.54, 1.807) is 19.5 Å². The summed E-state index contributed by atoms with van der Waals surface area (Å²) in [5.74, 6) is 0.663. The van der Waals surface area contributed by atoms with E-state index >= 15 is 0 Å². The summed E-state index contributed by atoms with van der Waals surface area (Å²) in [6.45, 7) is 2.59. The normalized spacial score (nSPS) is 19.7. The van der Waals surface area contributed by atoms with Gasteiger partial charge in [0.05, 0.1) is 18.9 Å². The van der Waals surface area contributed by atoms with Crippen LogP contribution in [0.1, 0.15) is 44.3 Å². The first-order valence-electron chi connectivity index (χ1n) is 6.53. The molecule has 2 rings (SSSR count). The number of nitrogens with zero attached hydrogens (tertiary/aromatic N) is 1. The van der Waals surface area contributed by atoms with Crippen LogP contribution in [-0.4, -0.2) is 29.4 Å². The van der Waals surface area contributed by atoms with Crippen LogP contribution in [0.5, 0.6) is 5.75 Å². The van der Waals surface area contributed by atoms with Crippen molar-refractivity contribution in [3.8, 4) is 5.75 Å². The SMILES string of the molecule is CCOC1(C(O)c2cncc(OC)c2)CCCC1. The molecule has 1 aromatic rings. The molecule has 0 saturated heterocycles. The van der Waals surface area contributed by atoms with Gasteiger partial charge in [0.15, 0.2) is 0 Å². The molecule has 0 spiro atoms. The Balaban J connectivity index is 2.24. The van der Waals surface area contributed by atoms with Crippen LogP contribution in [0.25, 0.3) is 0 Å². The molecule has 1 aliphatic carbocycles. The summed E-state index contributed by atoms with van der Waals surface area (Å²) in [6, 6.07) is 1.83.